The summed E-state index contributed by atoms with van der Waals surface area (Å²) in [5.74, 6) is 1.15. The minimum atomic E-state index is -0.406. The van der Waals surface area contributed by atoms with Gasteiger partial charge in [0, 0.05) is 6.54 Å². The molecule has 1 atom stereocenters. The molecular weight excluding hydrogens is 214 g/mol. The molecule has 0 unspecified atom stereocenters. The maximum Gasteiger partial charge on any atom is 0.261 e. The molecule has 17 heavy (non-hydrogen) atoms. The average molecular weight is 235 g/mol. The molecule has 0 aliphatic rings. The third-order valence-corrected chi connectivity index (χ3v) is 2.37. The monoisotopic (exact) mass is 235 g/mol. The zero-order chi connectivity index (χ0) is 12.7. The summed E-state index contributed by atoms with van der Waals surface area (Å²) in [6.45, 7) is 6.77. The van der Waals surface area contributed by atoms with Crippen molar-refractivity contribution in [1.82, 2.24) is 5.32 Å². The highest BCUT2D eigenvalue weighted by atomic mass is 16.5. The van der Waals surface area contributed by atoms with Crippen LogP contribution in [0.5, 0.6) is 5.75 Å². The standard InChI is InChI=1S/C14H21NO2/c1-4-13(14(16)15-10-11(2)3)17-12-8-6-5-7-9-12/h5-9,11,13H,4,10H2,1-3H3,(H,15,16)/t13-/m1/s1. The van der Waals surface area contributed by atoms with Crippen molar-refractivity contribution in [3.8, 4) is 5.75 Å². The lowest BCUT2D eigenvalue weighted by atomic mass is 10.2. The van der Waals surface area contributed by atoms with Crippen molar-refractivity contribution in [3.05, 3.63) is 30.3 Å². The van der Waals surface area contributed by atoms with Crippen LogP contribution in [0, 0.1) is 5.92 Å². The molecule has 0 aliphatic heterocycles. The lowest BCUT2D eigenvalue weighted by Crippen LogP contribution is -2.39. The van der Waals surface area contributed by atoms with Gasteiger partial charge in [-0.05, 0) is 24.5 Å². The van der Waals surface area contributed by atoms with Crippen molar-refractivity contribution in [1.29, 1.82) is 0 Å². The van der Waals surface area contributed by atoms with E-state index in [-0.39, 0.29) is 5.91 Å². The van der Waals surface area contributed by atoms with Gasteiger partial charge in [0.05, 0.1) is 0 Å². The Morgan fingerprint density at radius 2 is 1.94 bits per heavy atom. The van der Waals surface area contributed by atoms with Gasteiger partial charge in [-0.25, -0.2) is 0 Å². The van der Waals surface area contributed by atoms with Gasteiger partial charge in [0.25, 0.3) is 5.91 Å². The van der Waals surface area contributed by atoms with Gasteiger partial charge in [-0.15, -0.1) is 0 Å². The molecule has 3 heteroatoms. The molecule has 0 saturated heterocycles. The quantitative estimate of drug-likeness (QED) is 0.823. The summed E-state index contributed by atoms with van der Waals surface area (Å²) in [5.41, 5.74) is 0. The number of carbonyl (C=O) groups is 1. The van der Waals surface area contributed by atoms with Crippen LogP contribution < -0.4 is 10.1 Å². The van der Waals surface area contributed by atoms with Crippen LogP contribution in [0.3, 0.4) is 0 Å². The Kier molecular flexibility index (Phi) is 5.53. The highest BCUT2D eigenvalue weighted by Crippen LogP contribution is 2.12. The van der Waals surface area contributed by atoms with Crippen LogP contribution in [-0.2, 0) is 4.79 Å². The lowest BCUT2D eigenvalue weighted by Gasteiger charge is -2.17. The van der Waals surface area contributed by atoms with E-state index >= 15 is 0 Å². The second-order valence-corrected chi connectivity index (χ2v) is 4.47. The Balaban J connectivity index is 2.51. The Morgan fingerprint density at radius 3 is 2.47 bits per heavy atom. The number of para-hydroxylation sites is 1. The number of benzene rings is 1. The first kappa shape index (κ1) is 13.6. The lowest BCUT2D eigenvalue weighted by molar-refractivity contribution is -0.128. The van der Waals surface area contributed by atoms with Crippen LogP contribution in [0.15, 0.2) is 30.3 Å². The molecule has 1 N–H and O–H groups in total. The molecule has 0 saturated carbocycles. The number of amides is 1. The average Bonchev–Trinajstić information content (AvgIpc) is 2.34. The normalized spacial score (nSPS) is 12.2. The molecule has 0 fully saturated rings. The predicted molar refractivity (Wildman–Crippen MR) is 69.0 cm³/mol. The third-order valence-electron chi connectivity index (χ3n) is 2.37. The van der Waals surface area contributed by atoms with Gasteiger partial charge in [-0.2, -0.15) is 0 Å². The Hall–Kier alpha value is -1.51. The summed E-state index contributed by atoms with van der Waals surface area (Å²) in [7, 11) is 0. The Morgan fingerprint density at radius 1 is 1.29 bits per heavy atom. The van der Waals surface area contributed by atoms with Gasteiger partial charge in [-0.1, -0.05) is 39.0 Å². The molecule has 0 aliphatic carbocycles. The summed E-state index contributed by atoms with van der Waals surface area (Å²) in [6, 6.07) is 9.44. The van der Waals surface area contributed by atoms with Gasteiger partial charge in [-0.3, -0.25) is 4.79 Å². The number of nitrogens with one attached hydrogen (secondary N) is 1. The van der Waals surface area contributed by atoms with Gasteiger partial charge in [0.15, 0.2) is 6.10 Å². The van der Waals surface area contributed by atoms with E-state index in [1.54, 1.807) is 0 Å². The minimum Gasteiger partial charge on any atom is -0.481 e. The Labute approximate surface area is 103 Å². The highest BCUT2D eigenvalue weighted by molar-refractivity contribution is 5.81. The number of ether oxygens (including phenoxy) is 1. The highest BCUT2D eigenvalue weighted by Gasteiger charge is 2.17. The topological polar surface area (TPSA) is 38.3 Å². The number of hydrogen-bond donors (Lipinski definition) is 1. The van der Waals surface area contributed by atoms with Crippen molar-refractivity contribution in [2.24, 2.45) is 5.92 Å². The van der Waals surface area contributed by atoms with Crippen molar-refractivity contribution >= 4 is 5.91 Å². The van der Waals surface area contributed by atoms with E-state index in [4.69, 9.17) is 4.74 Å². The van der Waals surface area contributed by atoms with Gasteiger partial charge in [0.2, 0.25) is 0 Å². The SMILES string of the molecule is CC[C@@H](Oc1ccccc1)C(=O)NCC(C)C. The maximum atomic E-state index is 11.8. The summed E-state index contributed by atoms with van der Waals surface area (Å²) in [5, 5.41) is 2.89. The zero-order valence-corrected chi connectivity index (χ0v) is 10.8. The second kappa shape index (κ2) is 6.94. The van der Waals surface area contributed by atoms with Crippen LogP contribution in [0.2, 0.25) is 0 Å². The van der Waals surface area contributed by atoms with Crippen LogP contribution in [0.1, 0.15) is 27.2 Å². The van der Waals surface area contributed by atoms with E-state index in [1.807, 2.05) is 37.3 Å². The maximum absolute atomic E-state index is 11.8. The van der Waals surface area contributed by atoms with Crippen molar-refractivity contribution in [2.45, 2.75) is 33.3 Å². The first-order valence-electron chi connectivity index (χ1n) is 6.13. The Bertz CT molecular complexity index is 335. The largest absolute Gasteiger partial charge is 0.481 e. The second-order valence-electron chi connectivity index (χ2n) is 4.47. The van der Waals surface area contributed by atoms with E-state index in [0.29, 0.717) is 18.9 Å². The number of carbonyl (C=O) groups excluding carboxylic acids is 1. The van der Waals surface area contributed by atoms with E-state index in [1.165, 1.54) is 0 Å². The molecule has 1 amide bonds. The molecule has 3 nitrogen and oxygen atoms in total. The predicted octanol–water partition coefficient (Wildman–Crippen LogP) is 2.62. The van der Waals surface area contributed by atoms with Crippen molar-refractivity contribution in [3.63, 3.8) is 0 Å². The van der Waals surface area contributed by atoms with E-state index in [0.717, 1.165) is 5.75 Å². The molecular formula is C14H21NO2. The number of hydrogen-bond acceptors (Lipinski definition) is 2. The molecule has 1 rings (SSSR count). The number of rotatable bonds is 6. The molecule has 0 heterocycles. The summed E-state index contributed by atoms with van der Waals surface area (Å²) in [6.07, 6.45) is 0.259. The molecule has 0 bridgehead atoms. The first-order chi connectivity index (χ1) is 8.13. The molecule has 1 aromatic rings. The van der Waals surface area contributed by atoms with E-state index in [2.05, 4.69) is 19.2 Å². The van der Waals surface area contributed by atoms with Gasteiger partial charge < -0.3 is 10.1 Å². The van der Waals surface area contributed by atoms with Crippen LogP contribution >= 0.6 is 0 Å². The third kappa shape index (κ3) is 4.89. The molecule has 1 aromatic carbocycles. The molecule has 94 valence electrons. The fourth-order valence-corrected chi connectivity index (χ4v) is 1.40. The summed E-state index contributed by atoms with van der Waals surface area (Å²) >= 11 is 0. The zero-order valence-electron chi connectivity index (χ0n) is 10.8. The van der Waals surface area contributed by atoms with Crippen LogP contribution in [0.4, 0.5) is 0 Å². The smallest absolute Gasteiger partial charge is 0.261 e. The minimum absolute atomic E-state index is 0.0370. The van der Waals surface area contributed by atoms with Gasteiger partial charge >= 0.3 is 0 Å². The summed E-state index contributed by atoms with van der Waals surface area (Å²) in [4.78, 5) is 11.8. The van der Waals surface area contributed by atoms with E-state index < -0.39 is 6.10 Å². The van der Waals surface area contributed by atoms with Crippen molar-refractivity contribution in [2.75, 3.05) is 6.54 Å². The van der Waals surface area contributed by atoms with Crippen LogP contribution in [0.25, 0.3) is 0 Å². The fraction of sp³-hybridized carbons (Fsp3) is 0.500. The molecule has 0 radical (unpaired) electrons. The summed E-state index contributed by atoms with van der Waals surface area (Å²) < 4.78 is 5.65. The van der Waals surface area contributed by atoms with E-state index in [9.17, 15) is 4.79 Å². The van der Waals surface area contributed by atoms with Crippen LogP contribution in [-0.4, -0.2) is 18.6 Å². The molecule has 0 spiro atoms. The van der Waals surface area contributed by atoms with Crippen molar-refractivity contribution < 1.29 is 9.53 Å². The fourth-order valence-electron chi connectivity index (χ4n) is 1.40. The first-order valence-corrected chi connectivity index (χ1v) is 6.13. The van der Waals surface area contributed by atoms with Gasteiger partial charge in [0.1, 0.15) is 5.75 Å². The molecule has 0 aromatic heterocycles.